The minimum Gasteiger partial charge on any atom is -0.306 e. The predicted molar refractivity (Wildman–Crippen MR) is 91.7 cm³/mol. The van der Waals surface area contributed by atoms with Crippen molar-refractivity contribution in [1.29, 1.82) is 0 Å². The molecule has 24 heavy (non-hydrogen) atoms. The molecule has 1 aromatic carbocycles. The molecule has 8 heteroatoms. The first kappa shape index (κ1) is 16.4. The highest BCUT2D eigenvalue weighted by atomic mass is 32.2. The average molecular weight is 346 g/mol. The van der Waals surface area contributed by atoms with Crippen LogP contribution in [0, 0.1) is 6.92 Å². The molecule has 0 atom stereocenters. The van der Waals surface area contributed by atoms with Gasteiger partial charge in [-0.1, -0.05) is 0 Å². The molecule has 0 unspecified atom stereocenters. The fourth-order valence-corrected chi connectivity index (χ4v) is 3.76. The Labute approximate surface area is 140 Å². The molecule has 1 N–H and O–H groups in total. The molecule has 0 saturated carbocycles. The maximum absolute atomic E-state index is 12.4. The first-order chi connectivity index (χ1) is 11.3. The van der Waals surface area contributed by atoms with Crippen molar-refractivity contribution in [3.05, 3.63) is 47.4 Å². The van der Waals surface area contributed by atoms with Gasteiger partial charge in [0.05, 0.1) is 11.9 Å². The zero-order chi connectivity index (χ0) is 17.3. The van der Waals surface area contributed by atoms with E-state index in [0.29, 0.717) is 29.4 Å². The summed E-state index contributed by atoms with van der Waals surface area (Å²) < 4.78 is 25.1. The number of nitrogens with zero attached hydrogens (tertiary/aromatic N) is 3. The minimum absolute atomic E-state index is 0.285. The zero-order valence-corrected chi connectivity index (χ0v) is 14.3. The van der Waals surface area contributed by atoms with E-state index in [4.69, 9.17) is 0 Å². The summed E-state index contributed by atoms with van der Waals surface area (Å²) in [5, 5.41) is 2.73. The molecule has 0 fully saturated rings. The van der Waals surface area contributed by atoms with E-state index in [-0.39, 0.29) is 5.91 Å². The van der Waals surface area contributed by atoms with E-state index in [1.54, 1.807) is 37.4 Å². The molecular weight excluding hydrogens is 328 g/mol. The zero-order valence-electron chi connectivity index (χ0n) is 13.5. The number of aromatic nitrogens is 2. The van der Waals surface area contributed by atoms with Crippen LogP contribution >= 0.6 is 0 Å². The van der Waals surface area contributed by atoms with Gasteiger partial charge < -0.3 is 5.32 Å². The average Bonchev–Trinajstić information content (AvgIpc) is 2.53. The third kappa shape index (κ3) is 3.38. The van der Waals surface area contributed by atoms with E-state index >= 15 is 0 Å². The normalized spacial score (nSPS) is 14.2. The maximum atomic E-state index is 12.4. The van der Waals surface area contributed by atoms with Crippen molar-refractivity contribution < 1.29 is 13.2 Å². The minimum atomic E-state index is -3.31. The number of carbonyl (C=O) groups excluding carboxylic acids is 1. The fraction of sp³-hybridized carbons (Fsp3) is 0.312. The molecule has 7 nitrogen and oxygen atoms in total. The van der Waals surface area contributed by atoms with Crippen LogP contribution < -0.4 is 9.62 Å². The molecule has 1 amide bonds. The van der Waals surface area contributed by atoms with E-state index in [2.05, 4.69) is 15.3 Å². The van der Waals surface area contributed by atoms with Crippen molar-refractivity contribution >= 4 is 27.4 Å². The van der Waals surface area contributed by atoms with Gasteiger partial charge in [0.1, 0.15) is 11.6 Å². The summed E-state index contributed by atoms with van der Waals surface area (Å²) in [6.07, 6.45) is 4.25. The van der Waals surface area contributed by atoms with E-state index in [0.717, 1.165) is 18.4 Å². The number of anilines is 2. The summed E-state index contributed by atoms with van der Waals surface area (Å²) in [4.78, 5) is 20.5. The van der Waals surface area contributed by atoms with Crippen LogP contribution in [-0.2, 0) is 16.4 Å². The highest BCUT2D eigenvalue weighted by Gasteiger charge is 2.24. The van der Waals surface area contributed by atoms with Gasteiger partial charge in [-0.25, -0.2) is 18.4 Å². The largest absolute Gasteiger partial charge is 0.306 e. The van der Waals surface area contributed by atoms with Gasteiger partial charge in [0.2, 0.25) is 10.0 Å². The number of hydrogen-bond donors (Lipinski definition) is 1. The lowest BCUT2D eigenvalue weighted by atomic mass is 10.0. The Morgan fingerprint density at radius 2 is 2.08 bits per heavy atom. The van der Waals surface area contributed by atoms with Crippen LogP contribution in [0.5, 0.6) is 0 Å². The Bertz CT molecular complexity index is 896. The number of carbonyl (C=O) groups is 1. The predicted octanol–water partition coefficient (Wildman–Crippen LogP) is 1.75. The molecule has 2 heterocycles. The Morgan fingerprint density at radius 3 is 2.79 bits per heavy atom. The molecular formula is C16H18N4O3S. The second kappa shape index (κ2) is 6.20. The number of aryl methyl sites for hydroxylation is 2. The monoisotopic (exact) mass is 346 g/mol. The van der Waals surface area contributed by atoms with Crippen molar-refractivity contribution in [3.63, 3.8) is 0 Å². The van der Waals surface area contributed by atoms with E-state index in [1.165, 1.54) is 10.6 Å². The van der Waals surface area contributed by atoms with Crippen molar-refractivity contribution in [1.82, 2.24) is 9.97 Å². The molecule has 2 aromatic rings. The Kier molecular flexibility index (Phi) is 4.23. The highest BCUT2D eigenvalue weighted by molar-refractivity contribution is 7.92. The van der Waals surface area contributed by atoms with E-state index in [1.807, 2.05) is 0 Å². The maximum Gasteiger partial charge on any atom is 0.256 e. The summed E-state index contributed by atoms with van der Waals surface area (Å²) in [5.74, 6) is 0.720. The standard InChI is InChI=1S/C16H18N4O3S/c1-11-17-8-7-15(18-11)19-16(21)13-5-6-14-12(10-13)4-3-9-20(14)24(2,22)23/h5-8,10H,3-4,9H2,1-2H3,(H,17,18,19,21). The molecule has 0 aliphatic carbocycles. The third-order valence-corrected chi connectivity index (χ3v) is 5.02. The number of rotatable bonds is 3. The Balaban J connectivity index is 1.87. The number of benzene rings is 1. The number of hydrogen-bond acceptors (Lipinski definition) is 5. The lowest BCUT2D eigenvalue weighted by molar-refractivity contribution is 0.102. The van der Waals surface area contributed by atoms with E-state index in [9.17, 15) is 13.2 Å². The van der Waals surface area contributed by atoms with Crippen molar-refractivity contribution in [2.75, 3.05) is 22.4 Å². The molecule has 0 spiro atoms. The molecule has 3 rings (SSSR count). The quantitative estimate of drug-likeness (QED) is 0.914. The second-order valence-corrected chi connectivity index (χ2v) is 7.63. The SMILES string of the molecule is Cc1nccc(NC(=O)c2ccc3c(c2)CCCN3S(C)(=O)=O)n1. The number of nitrogens with one attached hydrogen (secondary N) is 1. The summed E-state index contributed by atoms with van der Waals surface area (Å²) in [6, 6.07) is 6.69. The fourth-order valence-electron chi connectivity index (χ4n) is 2.76. The summed E-state index contributed by atoms with van der Waals surface area (Å²) in [7, 11) is -3.31. The van der Waals surface area contributed by atoms with Gasteiger partial charge in [-0.05, 0) is 49.6 Å². The van der Waals surface area contributed by atoms with Crippen LogP contribution in [0.2, 0.25) is 0 Å². The summed E-state index contributed by atoms with van der Waals surface area (Å²) >= 11 is 0. The van der Waals surface area contributed by atoms with Crippen LogP contribution in [0.1, 0.15) is 28.2 Å². The van der Waals surface area contributed by atoms with Gasteiger partial charge in [-0.2, -0.15) is 0 Å². The molecule has 0 bridgehead atoms. The van der Waals surface area contributed by atoms with Crippen LogP contribution in [0.15, 0.2) is 30.5 Å². The van der Waals surface area contributed by atoms with Crippen molar-refractivity contribution in [2.45, 2.75) is 19.8 Å². The Morgan fingerprint density at radius 1 is 1.29 bits per heavy atom. The van der Waals surface area contributed by atoms with Gasteiger partial charge in [-0.15, -0.1) is 0 Å². The Hall–Kier alpha value is -2.48. The lowest BCUT2D eigenvalue weighted by Crippen LogP contribution is -2.34. The topological polar surface area (TPSA) is 92.3 Å². The molecule has 126 valence electrons. The summed E-state index contributed by atoms with van der Waals surface area (Å²) in [6.45, 7) is 2.21. The number of sulfonamides is 1. The molecule has 1 aromatic heterocycles. The van der Waals surface area contributed by atoms with Crippen LogP contribution in [0.25, 0.3) is 0 Å². The summed E-state index contributed by atoms with van der Waals surface area (Å²) in [5.41, 5.74) is 1.98. The van der Waals surface area contributed by atoms with Gasteiger partial charge in [0.15, 0.2) is 0 Å². The van der Waals surface area contributed by atoms with Gasteiger partial charge in [0.25, 0.3) is 5.91 Å². The van der Waals surface area contributed by atoms with Crippen LogP contribution in [0.4, 0.5) is 11.5 Å². The van der Waals surface area contributed by atoms with Crippen LogP contribution in [-0.4, -0.2) is 37.1 Å². The van der Waals surface area contributed by atoms with Gasteiger partial charge in [-0.3, -0.25) is 9.10 Å². The first-order valence-corrected chi connectivity index (χ1v) is 9.41. The molecule has 0 radical (unpaired) electrons. The lowest BCUT2D eigenvalue weighted by Gasteiger charge is -2.29. The van der Waals surface area contributed by atoms with Crippen molar-refractivity contribution in [3.8, 4) is 0 Å². The van der Waals surface area contributed by atoms with Crippen LogP contribution in [0.3, 0.4) is 0 Å². The van der Waals surface area contributed by atoms with Gasteiger partial charge >= 0.3 is 0 Å². The molecule has 1 aliphatic rings. The smallest absolute Gasteiger partial charge is 0.256 e. The van der Waals surface area contributed by atoms with E-state index < -0.39 is 10.0 Å². The third-order valence-electron chi connectivity index (χ3n) is 3.84. The van der Waals surface area contributed by atoms with Gasteiger partial charge in [0, 0.05) is 18.3 Å². The number of fused-ring (bicyclic) bond motifs is 1. The second-order valence-electron chi connectivity index (χ2n) is 5.73. The molecule has 1 aliphatic heterocycles. The molecule has 0 saturated heterocycles. The number of amides is 1. The van der Waals surface area contributed by atoms with Crippen molar-refractivity contribution in [2.24, 2.45) is 0 Å². The highest BCUT2D eigenvalue weighted by Crippen LogP contribution is 2.30. The first-order valence-electron chi connectivity index (χ1n) is 7.56.